The Hall–Kier alpha value is -0.950. The maximum atomic E-state index is 6.06. The molecule has 2 aromatic rings. The monoisotopic (exact) mass is 249 g/mol. The molecule has 0 N–H and O–H groups in total. The Morgan fingerprint density at radius 1 is 1.12 bits per heavy atom. The van der Waals surface area contributed by atoms with Crippen molar-refractivity contribution in [3.05, 3.63) is 35.0 Å². The van der Waals surface area contributed by atoms with Crippen LogP contribution in [0.25, 0.3) is 10.9 Å². The number of rotatable bonds is 1. The van der Waals surface area contributed by atoms with Crippen molar-refractivity contribution >= 4 is 22.5 Å². The molecule has 0 amide bonds. The first-order chi connectivity index (χ1) is 7.80. The molecule has 0 aliphatic carbocycles. The summed E-state index contributed by atoms with van der Waals surface area (Å²) < 4.78 is 2.41. The quantitative estimate of drug-likeness (QED) is 0.657. The smallest absolute Gasteiger partial charge is 0.0486 e. The van der Waals surface area contributed by atoms with Crippen LogP contribution >= 0.6 is 11.6 Å². The Balaban J connectivity index is 2.80. The van der Waals surface area contributed by atoms with E-state index in [-0.39, 0.29) is 5.41 Å². The Labute approximate surface area is 108 Å². The van der Waals surface area contributed by atoms with Crippen LogP contribution in [0.1, 0.15) is 46.4 Å². The lowest BCUT2D eigenvalue weighted by Crippen LogP contribution is -2.18. The van der Waals surface area contributed by atoms with E-state index in [1.165, 1.54) is 16.6 Å². The first-order valence-electron chi connectivity index (χ1n) is 6.11. The minimum Gasteiger partial charge on any atom is -0.342 e. The van der Waals surface area contributed by atoms with Crippen LogP contribution in [0.4, 0.5) is 0 Å². The fourth-order valence-corrected chi connectivity index (χ4v) is 2.52. The highest BCUT2D eigenvalue weighted by Gasteiger charge is 2.22. The van der Waals surface area contributed by atoms with E-state index in [2.05, 4.69) is 51.3 Å². The first-order valence-corrected chi connectivity index (χ1v) is 6.49. The molecule has 0 spiro atoms. The van der Waals surface area contributed by atoms with Gasteiger partial charge in [0.1, 0.15) is 0 Å². The van der Waals surface area contributed by atoms with Crippen LogP contribution in [0.5, 0.6) is 0 Å². The number of halogens is 1. The van der Waals surface area contributed by atoms with Gasteiger partial charge in [0.2, 0.25) is 0 Å². The Morgan fingerprint density at radius 3 is 2.29 bits per heavy atom. The van der Waals surface area contributed by atoms with Crippen molar-refractivity contribution in [2.45, 2.75) is 46.1 Å². The van der Waals surface area contributed by atoms with Gasteiger partial charge in [-0.05, 0) is 38.1 Å². The third-order valence-electron chi connectivity index (χ3n) is 3.09. The van der Waals surface area contributed by atoms with Crippen molar-refractivity contribution < 1.29 is 0 Å². The maximum Gasteiger partial charge on any atom is 0.0486 e. The molecule has 1 aromatic carbocycles. The normalized spacial score (nSPS) is 12.6. The second-order valence-electron chi connectivity index (χ2n) is 5.95. The van der Waals surface area contributed by atoms with Gasteiger partial charge < -0.3 is 4.57 Å². The van der Waals surface area contributed by atoms with Crippen LogP contribution in [-0.4, -0.2) is 4.57 Å². The van der Waals surface area contributed by atoms with Crippen molar-refractivity contribution in [1.29, 1.82) is 0 Å². The fraction of sp³-hybridized carbons (Fsp3) is 0.467. The molecule has 0 atom stereocenters. The molecule has 2 rings (SSSR count). The zero-order valence-corrected chi connectivity index (χ0v) is 12.0. The van der Waals surface area contributed by atoms with Gasteiger partial charge in [0.05, 0.1) is 0 Å². The lowest BCUT2D eigenvalue weighted by Gasteiger charge is -2.24. The molecule has 1 aromatic heterocycles. The van der Waals surface area contributed by atoms with E-state index in [0.29, 0.717) is 6.04 Å². The summed E-state index contributed by atoms with van der Waals surface area (Å²) in [5.41, 5.74) is 2.79. The molecule has 17 heavy (non-hydrogen) atoms. The van der Waals surface area contributed by atoms with Gasteiger partial charge in [-0.2, -0.15) is 0 Å². The van der Waals surface area contributed by atoms with Crippen molar-refractivity contribution in [1.82, 2.24) is 4.57 Å². The van der Waals surface area contributed by atoms with E-state index in [0.717, 1.165) is 5.02 Å². The molecule has 0 aliphatic rings. The van der Waals surface area contributed by atoms with Crippen LogP contribution in [-0.2, 0) is 5.41 Å². The molecular weight excluding hydrogens is 230 g/mol. The SMILES string of the molecule is CC(C)n1c(C(C)(C)C)cc2cc(Cl)ccc21. The summed E-state index contributed by atoms with van der Waals surface area (Å²) >= 11 is 6.06. The molecule has 1 heterocycles. The van der Waals surface area contributed by atoms with Crippen molar-refractivity contribution in [3.8, 4) is 0 Å². The van der Waals surface area contributed by atoms with Gasteiger partial charge in [-0.25, -0.2) is 0 Å². The Bertz CT molecular complexity index is 544. The largest absolute Gasteiger partial charge is 0.342 e. The zero-order valence-electron chi connectivity index (χ0n) is 11.2. The van der Waals surface area contributed by atoms with E-state index < -0.39 is 0 Å². The highest BCUT2D eigenvalue weighted by atomic mass is 35.5. The van der Waals surface area contributed by atoms with Crippen LogP contribution in [0, 0.1) is 0 Å². The van der Waals surface area contributed by atoms with Gasteiger partial charge >= 0.3 is 0 Å². The van der Waals surface area contributed by atoms with Gasteiger partial charge in [0.15, 0.2) is 0 Å². The number of fused-ring (bicyclic) bond motifs is 1. The number of hydrogen-bond acceptors (Lipinski definition) is 0. The summed E-state index contributed by atoms with van der Waals surface area (Å²) in [5.74, 6) is 0. The number of aromatic nitrogens is 1. The molecule has 92 valence electrons. The van der Waals surface area contributed by atoms with Crippen LogP contribution in [0.3, 0.4) is 0 Å². The molecule has 0 bridgehead atoms. The van der Waals surface area contributed by atoms with Crippen LogP contribution in [0.2, 0.25) is 5.02 Å². The summed E-state index contributed by atoms with van der Waals surface area (Å²) in [6, 6.07) is 8.86. The van der Waals surface area contributed by atoms with Gasteiger partial charge in [-0.3, -0.25) is 0 Å². The van der Waals surface area contributed by atoms with Gasteiger partial charge in [-0.15, -0.1) is 0 Å². The second kappa shape index (κ2) is 4.06. The fourth-order valence-electron chi connectivity index (χ4n) is 2.34. The second-order valence-corrected chi connectivity index (χ2v) is 6.38. The van der Waals surface area contributed by atoms with Gasteiger partial charge in [0, 0.05) is 33.1 Å². The standard InChI is InChI=1S/C15H20ClN/c1-10(2)17-13-7-6-12(16)8-11(13)9-14(17)15(3,4)5/h6-10H,1-5H3. The molecular formula is C15H20ClN. The summed E-state index contributed by atoms with van der Waals surface area (Å²) in [6.45, 7) is 11.2. The average molecular weight is 250 g/mol. The molecule has 0 aliphatic heterocycles. The van der Waals surface area contributed by atoms with E-state index in [4.69, 9.17) is 11.6 Å². The van der Waals surface area contributed by atoms with E-state index in [1.54, 1.807) is 0 Å². The lowest BCUT2D eigenvalue weighted by atomic mass is 9.92. The van der Waals surface area contributed by atoms with Crippen molar-refractivity contribution in [2.24, 2.45) is 0 Å². The van der Waals surface area contributed by atoms with E-state index in [9.17, 15) is 0 Å². The predicted molar refractivity (Wildman–Crippen MR) is 76.0 cm³/mol. The number of hydrogen-bond donors (Lipinski definition) is 0. The minimum atomic E-state index is 0.149. The summed E-state index contributed by atoms with van der Waals surface area (Å²) in [5, 5.41) is 2.04. The summed E-state index contributed by atoms with van der Waals surface area (Å²) in [4.78, 5) is 0. The van der Waals surface area contributed by atoms with E-state index >= 15 is 0 Å². The third kappa shape index (κ3) is 2.21. The van der Waals surface area contributed by atoms with Gasteiger partial charge in [0.25, 0.3) is 0 Å². The molecule has 0 saturated heterocycles. The summed E-state index contributed by atoms with van der Waals surface area (Å²) in [7, 11) is 0. The number of benzene rings is 1. The van der Waals surface area contributed by atoms with Crippen molar-refractivity contribution in [3.63, 3.8) is 0 Å². The topological polar surface area (TPSA) is 4.93 Å². The minimum absolute atomic E-state index is 0.149. The Kier molecular flexibility index (Phi) is 2.99. The Morgan fingerprint density at radius 2 is 1.76 bits per heavy atom. The predicted octanol–water partition coefficient (Wildman–Crippen LogP) is 5.17. The van der Waals surface area contributed by atoms with Gasteiger partial charge in [-0.1, -0.05) is 32.4 Å². The average Bonchev–Trinajstić information content (AvgIpc) is 2.55. The van der Waals surface area contributed by atoms with Crippen molar-refractivity contribution in [2.75, 3.05) is 0 Å². The lowest BCUT2D eigenvalue weighted by molar-refractivity contribution is 0.494. The molecule has 2 heteroatoms. The molecule has 0 unspecified atom stereocenters. The zero-order chi connectivity index (χ0) is 12.8. The highest BCUT2D eigenvalue weighted by molar-refractivity contribution is 6.31. The van der Waals surface area contributed by atoms with Crippen LogP contribution in [0.15, 0.2) is 24.3 Å². The first kappa shape index (κ1) is 12.5. The molecule has 0 fully saturated rings. The highest BCUT2D eigenvalue weighted by Crippen LogP contribution is 2.33. The molecule has 0 radical (unpaired) electrons. The summed E-state index contributed by atoms with van der Waals surface area (Å²) in [6.07, 6.45) is 0. The number of nitrogens with zero attached hydrogens (tertiary/aromatic N) is 1. The third-order valence-corrected chi connectivity index (χ3v) is 3.32. The molecule has 0 saturated carbocycles. The van der Waals surface area contributed by atoms with Crippen LogP contribution < -0.4 is 0 Å². The maximum absolute atomic E-state index is 6.06. The van der Waals surface area contributed by atoms with E-state index in [1.807, 2.05) is 12.1 Å². The molecule has 1 nitrogen and oxygen atoms in total.